The zero-order valence-corrected chi connectivity index (χ0v) is 25.9. The van der Waals surface area contributed by atoms with Crippen molar-refractivity contribution < 1.29 is 48.6 Å². The van der Waals surface area contributed by atoms with Crippen molar-refractivity contribution in [3.05, 3.63) is 137 Å². The average molecular weight is 691 g/mol. The third kappa shape index (κ3) is 7.92. The zero-order valence-electron chi connectivity index (χ0n) is 25.9. The van der Waals surface area contributed by atoms with E-state index in [1.165, 1.54) is 6.42 Å². The Bertz CT molecular complexity index is 1900. The van der Waals surface area contributed by atoms with Gasteiger partial charge in [0.15, 0.2) is 17.5 Å². The van der Waals surface area contributed by atoms with Crippen LogP contribution < -0.4 is 4.74 Å². The van der Waals surface area contributed by atoms with E-state index in [4.69, 9.17) is 0 Å². The van der Waals surface area contributed by atoms with Gasteiger partial charge in [0.1, 0.15) is 40.4 Å². The molecule has 0 aliphatic rings. The molecule has 0 fully saturated rings. The molecule has 0 saturated heterocycles. The topological polar surface area (TPSA) is 9.23 Å². The van der Waals surface area contributed by atoms with E-state index in [1.807, 2.05) is 12.1 Å². The van der Waals surface area contributed by atoms with E-state index in [1.54, 1.807) is 12.1 Å². The largest absolute Gasteiger partial charge is 0.432 e. The summed E-state index contributed by atoms with van der Waals surface area (Å²) in [6, 6.07) is 12.5. The Morgan fingerprint density at radius 2 is 1.06 bits per heavy atom. The fourth-order valence-corrected chi connectivity index (χ4v) is 5.51. The van der Waals surface area contributed by atoms with Crippen LogP contribution in [0.1, 0.15) is 50.2 Å². The lowest BCUT2D eigenvalue weighted by atomic mass is 9.96. The van der Waals surface area contributed by atoms with Gasteiger partial charge in [0.2, 0.25) is 0 Å². The molecule has 0 aliphatic carbocycles. The Morgan fingerprint density at radius 1 is 0.510 bits per heavy atom. The van der Waals surface area contributed by atoms with Crippen LogP contribution in [0.2, 0.25) is 0 Å². The van der Waals surface area contributed by atoms with Crippen molar-refractivity contribution in [2.45, 2.75) is 51.6 Å². The highest BCUT2D eigenvalue weighted by Gasteiger charge is 2.41. The molecule has 5 aromatic rings. The van der Waals surface area contributed by atoms with Gasteiger partial charge in [0.05, 0.1) is 5.56 Å². The third-order valence-electron chi connectivity index (χ3n) is 8.00. The third-order valence-corrected chi connectivity index (χ3v) is 8.00. The summed E-state index contributed by atoms with van der Waals surface area (Å²) < 4.78 is 150. The van der Waals surface area contributed by atoms with E-state index in [0.29, 0.717) is 35.9 Å². The monoisotopic (exact) mass is 690 g/mol. The molecule has 0 spiro atoms. The molecule has 11 heteroatoms. The molecule has 0 radical (unpaired) electrons. The van der Waals surface area contributed by atoms with Crippen molar-refractivity contribution in [3.8, 4) is 39.1 Å². The van der Waals surface area contributed by atoms with Crippen molar-refractivity contribution in [2.75, 3.05) is 0 Å². The number of ether oxygens (including phenoxy) is 1. The first kappa shape index (κ1) is 35.5. The maximum absolute atomic E-state index is 15.2. The van der Waals surface area contributed by atoms with E-state index in [2.05, 4.69) is 11.7 Å². The number of hydrogen-bond donors (Lipinski definition) is 0. The molecule has 5 rings (SSSR count). The van der Waals surface area contributed by atoms with Crippen molar-refractivity contribution in [1.82, 2.24) is 0 Å². The minimum atomic E-state index is -4.77. The molecule has 1 nitrogen and oxygen atoms in total. The van der Waals surface area contributed by atoms with Crippen molar-refractivity contribution in [3.63, 3.8) is 0 Å². The van der Waals surface area contributed by atoms with Crippen LogP contribution in [0.4, 0.5) is 43.9 Å². The van der Waals surface area contributed by atoms with Gasteiger partial charge in [-0.3, -0.25) is 0 Å². The van der Waals surface area contributed by atoms with Gasteiger partial charge >= 0.3 is 6.11 Å². The Hall–Kier alpha value is -4.80. The number of aryl methyl sites for hydroxylation is 1. The second-order valence-electron chi connectivity index (χ2n) is 11.5. The molecule has 0 aromatic heterocycles. The van der Waals surface area contributed by atoms with Gasteiger partial charge in [-0.2, -0.15) is 8.78 Å². The van der Waals surface area contributed by atoms with Gasteiger partial charge in [0, 0.05) is 11.6 Å². The number of hydrogen-bond acceptors (Lipinski definition) is 1. The van der Waals surface area contributed by atoms with E-state index in [-0.39, 0.29) is 5.56 Å². The summed E-state index contributed by atoms with van der Waals surface area (Å²) in [4.78, 5) is 0. The molecule has 256 valence electrons. The van der Waals surface area contributed by atoms with E-state index in [0.717, 1.165) is 61.9 Å². The Balaban J connectivity index is 1.35. The van der Waals surface area contributed by atoms with Crippen LogP contribution >= 0.6 is 0 Å². The quantitative estimate of drug-likeness (QED) is 0.0719. The predicted octanol–water partition coefficient (Wildman–Crippen LogP) is 12.4. The molecule has 0 saturated carbocycles. The van der Waals surface area contributed by atoms with Crippen LogP contribution in [0.5, 0.6) is 5.75 Å². The van der Waals surface area contributed by atoms with Gasteiger partial charge in [0.25, 0.3) is 0 Å². The van der Waals surface area contributed by atoms with Crippen molar-refractivity contribution in [2.24, 2.45) is 0 Å². The van der Waals surface area contributed by atoms with Gasteiger partial charge in [-0.05, 0) is 89.2 Å². The molecule has 5 aromatic carbocycles. The maximum atomic E-state index is 15.2. The fourth-order valence-electron chi connectivity index (χ4n) is 5.51. The first-order valence-corrected chi connectivity index (χ1v) is 15.4. The SMILES string of the molecule is CCCCCCCc1ccc(-c2cc(F)c(-c3cc(F)c(C(F)(F)Oc4ccc(-c5cc(F)c(F)c(F)c5)c(F)c4)c(F)c3)c(F)c2)cc1. The van der Waals surface area contributed by atoms with Crippen molar-refractivity contribution >= 4 is 0 Å². The summed E-state index contributed by atoms with van der Waals surface area (Å²) in [6.45, 7) is 2.13. The summed E-state index contributed by atoms with van der Waals surface area (Å²) >= 11 is 0. The van der Waals surface area contributed by atoms with E-state index >= 15 is 26.3 Å². The standard InChI is InChI=1S/C38H28F10O/c1-2-3-4-5-6-7-21-8-10-22(11-9-21)23-14-29(40)35(30(41)15-23)25-18-31(42)36(32(43)19-25)38(47,48)49-26-12-13-27(28(39)20-26)24-16-33(44)37(46)34(45)17-24/h8-20H,2-7H2,1H3. The highest BCUT2D eigenvalue weighted by Crippen LogP contribution is 2.40. The molecule has 0 N–H and O–H groups in total. The molecule has 49 heavy (non-hydrogen) atoms. The normalized spacial score (nSPS) is 11.7. The number of benzene rings is 5. The summed E-state index contributed by atoms with van der Waals surface area (Å²) in [6.07, 6.45) is 1.66. The summed E-state index contributed by atoms with van der Waals surface area (Å²) in [5.74, 6) is -13.5. The van der Waals surface area contributed by atoms with Gasteiger partial charge in [-0.15, -0.1) is 0 Å². The minimum Gasteiger partial charge on any atom is -0.429 e. The van der Waals surface area contributed by atoms with Crippen LogP contribution in [-0.4, -0.2) is 0 Å². The molecular weight excluding hydrogens is 662 g/mol. The fraction of sp³-hybridized carbons (Fsp3) is 0.211. The first-order chi connectivity index (χ1) is 23.3. The highest BCUT2D eigenvalue weighted by atomic mass is 19.3. The molecule has 0 heterocycles. The molecule has 0 bridgehead atoms. The second kappa shape index (κ2) is 14.8. The lowest BCUT2D eigenvalue weighted by Gasteiger charge is -2.20. The van der Waals surface area contributed by atoms with Gasteiger partial charge in [-0.25, -0.2) is 35.1 Å². The van der Waals surface area contributed by atoms with Gasteiger partial charge < -0.3 is 4.74 Å². The first-order valence-electron chi connectivity index (χ1n) is 15.4. The zero-order chi connectivity index (χ0) is 35.5. The summed E-state index contributed by atoms with van der Waals surface area (Å²) in [7, 11) is 0. The van der Waals surface area contributed by atoms with Gasteiger partial charge in [-0.1, -0.05) is 56.9 Å². The van der Waals surface area contributed by atoms with Crippen LogP contribution in [0.3, 0.4) is 0 Å². The molecule has 0 aliphatic heterocycles. The van der Waals surface area contributed by atoms with Crippen LogP contribution in [0.25, 0.3) is 33.4 Å². The number of unbranched alkanes of at least 4 members (excludes halogenated alkanes) is 4. The number of alkyl halides is 2. The van der Waals surface area contributed by atoms with E-state index in [9.17, 15) is 17.6 Å². The number of rotatable bonds is 12. The second-order valence-corrected chi connectivity index (χ2v) is 11.5. The molecule has 0 atom stereocenters. The minimum absolute atomic E-state index is 0.152. The molecule has 0 unspecified atom stereocenters. The van der Waals surface area contributed by atoms with Crippen LogP contribution in [-0.2, 0) is 12.5 Å². The highest BCUT2D eigenvalue weighted by molar-refractivity contribution is 5.72. The molecule has 0 amide bonds. The Kier molecular flexibility index (Phi) is 10.7. The average Bonchev–Trinajstić information content (AvgIpc) is 3.02. The van der Waals surface area contributed by atoms with E-state index < -0.39 is 86.2 Å². The summed E-state index contributed by atoms with van der Waals surface area (Å²) in [5, 5.41) is 0. The Labute approximate surface area is 275 Å². The molecular formula is C38H28F10O. The van der Waals surface area contributed by atoms with Crippen LogP contribution in [0.15, 0.2) is 78.9 Å². The number of halogens is 10. The maximum Gasteiger partial charge on any atom is 0.432 e. The smallest absolute Gasteiger partial charge is 0.429 e. The lowest BCUT2D eigenvalue weighted by Crippen LogP contribution is -2.25. The van der Waals surface area contributed by atoms with Crippen molar-refractivity contribution in [1.29, 1.82) is 0 Å². The Morgan fingerprint density at radius 3 is 1.63 bits per heavy atom. The summed E-state index contributed by atoms with van der Waals surface area (Å²) in [5.41, 5.74) is -2.76. The lowest BCUT2D eigenvalue weighted by molar-refractivity contribution is -0.189. The predicted molar refractivity (Wildman–Crippen MR) is 166 cm³/mol. The van der Waals surface area contributed by atoms with Crippen LogP contribution in [0, 0.1) is 46.5 Å².